The van der Waals surface area contributed by atoms with E-state index in [2.05, 4.69) is 57.3 Å². The maximum absolute atomic E-state index is 6.12. The summed E-state index contributed by atoms with van der Waals surface area (Å²) in [7, 11) is -0.261. The third-order valence-corrected chi connectivity index (χ3v) is 6.25. The van der Waals surface area contributed by atoms with Gasteiger partial charge in [0, 0.05) is 0 Å². The number of nitrogens with one attached hydrogen (secondary N) is 1. The van der Waals surface area contributed by atoms with Crippen LogP contribution in [0.3, 0.4) is 0 Å². The van der Waals surface area contributed by atoms with Crippen molar-refractivity contribution in [2.24, 2.45) is 5.92 Å². The topological polar surface area (TPSA) is 30.5 Å². The SMILES string of the molecule is CC1(C)OB(c2ccc(CCNCC3CCCCC3)cc2)OC1(C)C. The van der Waals surface area contributed by atoms with Crippen LogP contribution in [0.2, 0.25) is 0 Å². The lowest BCUT2D eigenvalue weighted by Gasteiger charge is -2.32. The molecule has 2 aliphatic rings. The van der Waals surface area contributed by atoms with Crippen LogP contribution in [0.25, 0.3) is 0 Å². The van der Waals surface area contributed by atoms with Gasteiger partial charge in [-0.2, -0.15) is 0 Å². The van der Waals surface area contributed by atoms with Crippen molar-refractivity contribution >= 4 is 12.6 Å². The van der Waals surface area contributed by atoms with Crippen molar-refractivity contribution in [2.45, 2.75) is 77.4 Å². The van der Waals surface area contributed by atoms with Crippen LogP contribution in [0, 0.1) is 5.92 Å². The Kier molecular flexibility index (Phi) is 5.92. The van der Waals surface area contributed by atoms with Crippen LogP contribution in [-0.2, 0) is 15.7 Å². The Hall–Kier alpha value is -0.835. The van der Waals surface area contributed by atoms with Crippen LogP contribution in [0.5, 0.6) is 0 Å². The third kappa shape index (κ3) is 4.66. The van der Waals surface area contributed by atoms with Gasteiger partial charge >= 0.3 is 7.12 Å². The lowest BCUT2D eigenvalue weighted by atomic mass is 9.79. The van der Waals surface area contributed by atoms with Gasteiger partial charge in [0.05, 0.1) is 11.2 Å². The zero-order valence-electron chi connectivity index (χ0n) is 16.4. The van der Waals surface area contributed by atoms with Crippen molar-refractivity contribution in [1.82, 2.24) is 5.32 Å². The Balaban J connectivity index is 1.45. The van der Waals surface area contributed by atoms with Crippen molar-refractivity contribution in [3.8, 4) is 0 Å². The van der Waals surface area contributed by atoms with Gasteiger partial charge in [0.25, 0.3) is 0 Å². The maximum Gasteiger partial charge on any atom is 0.494 e. The van der Waals surface area contributed by atoms with Crippen LogP contribution < -0.4 is 10.8 Å². The fourth-order valence-electron chi connectivity index (χ4n) is 3.75. The van der Waals surface area contributed by atoms with Crippen molar-refractivity contribution < 1.29 is 9.31 Å². The molecule has 1 N–H and O–H groups in total. The summed E-state index contributed by atoms with van der Waals surface area (Å²) in [5.41, 5.74) is 1.92. The lowest BCUT2D eigenvalue weighted by molar-refractivity contribution is 0.00578. The lowest BCUT2D eigenvalue weighted by Crippen LogP contribution is -2.41. The van der Waals surface area contributed by atoms with Gasteiger partial charge in [-0.25, -0.2) is 0 Å². The monoisotopic (exact) mass is 343 g/mol. The van der Waals surface area contributed by atoms with E-state index in [1.165, 1.54) is 44.2 Å². The average Bonchev–Trinajstić information content (AvgIpc) is 2.81. The van der Waals surface area contributed by atoms with Gasteiger partial charge in [0.2, 0.25) is 0 Å². The second kappa shape index (κ2) is 7.81. The number of hydrogen-bond acceptors (Lipinski definition) is 3. The van der Waals surface area contributed by atoms with Crippen LogP contribution >= 0.6 is 0 Å². The molecule has 4 heteroatoms. The fourth-order valence-corrected chi connectivity index (χ4v) is 3.75. The van der Waals surface area contributed by atoms with Gasteiger partial charge in [0.1, 0.15) is 0 Å². The molecule has 1 heterocycles. The van der Waals surface area contributed by atoms with E-state index in [0.29, 0.717) is 0 Å². The minimum absolute atomic E-state index is 0.261. The molecule has 1 aliphatic carbocycles. The fraction of sp³-hybridized carbons (Fsp3) is 0.714. The number of benzene rings is 1. The molecule has 0 radical (unpaired) electrons. The van der Waals surface area contributed by atoms with Crippen LogP contribution in [0.1, 0.15) is 65.4 Å². The Morgan fingerprint density at radius 1 is 0.960 bits per heavy atom. The van der Waals surface area contributed by atoms with E-state index in [-0.39, 0.29) is 18.3 Å². The predicted octanol–water partition coefficient (Wildman–Crippen LogP) is 3.70. The summed E-state index contributed by atoms with van der Waals surface area (Å²) in [6.45, 7) is 10.6. The van der Waals surface area contributed by atoms with Gasteiger partial charge < -0.3 is 14.6 Å². The highest BCUT2D eigenvalue weighted by molar-refractivity contribution is 6.62. The molecule has 1 aromatic carbocycles. The van der Waals surface area contributed by atoms with E-state index in [0.717, 1.165) is 24.3 Å². The van der Waals surface area contributed by atoms with E-state index in [9.17, 15) is 0 Å². The maximum atomic E-state index is 6.12. The van der Waals surface area contributed by atoms with Crippen molar-refractivity contribution in [3.05, 3.63) is 29.8 Å². The van der Waals surface area contributed by atoms with E-state index < -0.39 is 0 Å². The number of hydrogen-bond donors (Lipinski definition) is 1. The molecule has 138 valence electrons. The molecule has 1 saturated carbocycles. The zero-order chi connectivity index (χ0) is 17.9. The molecule has 0 aromatic heterocycles. The van der Waals surface area contributed by atoms with Crippen molar-refractivity contribution in [2.75, 3.05) is 13.1 Å². The van der Waals surface area contributed by atoms with Gasteiger partial charge in [-0.05, 0) is 77.0 Å². The highest BCUT2D eigenvalue weighted by Crippen LogP contribution is 2.36. The predicted molar refractivity (Wildman–Crippen MR) is 105 cm³/mol. The van der Waals surface area contributed by atoms with Crippen LogP contribution in [0.4, 0.5) is 0 Å². The minimum Gasteiger partial charge on any atom is -0.399 e. The molecule has 0 unspecified atom stereocenters. The molecule has 3 rings (SSSR count). The van der Waals surface area contributed by atoms with Crippen LogP contribution in [0.15, 0.2) is 24.3 Å². The molecule has 1 aromatic rings. The van der Waals surface area contributed by atoms with Crippen molar-refractivity contribution in [1.29, 1.82) is 0 Å². The van der Waals surface area contributed by atoms with E-state index in [1.54, 1.807) is 0 Å². The standard InChI is InChI=1S/C21H34BNO2/c1-20(2)21(3,4)25-22(24-20)19-12-10-17(11-13-19)14-15-23-16-18-8-6-5-7-9-18/h10-13,18,23H,5-9,14-16H2,1-4H3. The quantitative estimate of drug-likeness (QED) is 0.631. The van der Waals surface area contributed by atoms with E-state index in [4.69, 9.17) is 9.31 Å². The molecule has 2 fully saturated rings. The summed E-state index contributed by atoms with van der Waals surface area (Å²) in [4.78, 5) is 0. The van der Waals surface area contributed by atoms with Gasteiger partial charge in [-0.3, -0.25) is 0 Å². The second-order valence-electron chi connectivity index (χ2n) is 8.79. The largest absolute Gasteiger partial charge is 0.494 e. The van der Waals surface area contributed by atoms with Crippen molar-refractivity contribution in [3.63, 3.8) is 0 Å². The molecule has 0 atom stereocenters. The minimum atomic E-state index is -0.278. The third-order valence-electron chi connectivity index (χ3n) is 6.25. The summed E-state index contributed by atoms with van der Waals surface area (Å²) in [5.74, 6) is 0.902. The van der Waals surface area contributed by atoms with Gasteiger partial charge in [-0.1, -0.05) is 43.5 Å². The smallest absolute Gasteiger partial charge is 0.399 e. The Bertz CT molecular complexity index is 534. The first-order valence-electron chi connectivity index (χ1n) is 10.0. The summed E-state index contributed by atoms with van der Waals surface area (Å²) < 4.78 is 12.2. The summed E-state index contributed by atoms with van der Waals surface area (Å²) >= 11 is 0. The molecule has 25 heavy (non-hydrogen) atoms. The first-order valence-corrected chi connectivity index (χ1v) is 10.0. The normalized spacial score (nSPS) is 23.1. The molecule has 1 aliphatic heterocycles. The van der Waals surface area contributed by atoms with Gasteiger partial charge in [0.15, 0.2) is 0 Å². The first kappa shape index (κ1) is 18.9. The molecular weight excluding hydrogens is 309 g/mol. The Morgan fingerprint density at radius 2 is 1.56 bits per heavy atom. The molecule has 1 saturated heterocycles. The van der Waals surface area contributed by atoms with E-state index in [1.807, 2.05) is 0 Å². The highest BCUT2D eigenvalue weighted by Gasteiger charge is 2.51. The first-order chi connectivity index (χ1) is 11.9. The highest BCUT2D eigenvalue weighted by atomic mass is 16.7. The molecule has 3 nitrogen and oxygen atoms in total. The van der Waals surface area contributed by atoms with E-state index >= 15 is 0 Å². The Morgan fingerprint density at radius 3 is 2.16 bits per heavy atom. The molecule has 0 amide bonds. The van der Waals surface area contributed by atoms with Gasteiger partial charge in [-0.15, -0.1) is 0 Å². The summed E-state index contributed by atoms with van der Waals surface area (Å²) in [5, 5.41) is 3.65. The molecule has 0 spiro atoms. The summed E-state index contributed by atoms with van der Waals surface area (Å²) in [6, 6.07) is 8.72. The Labute approximate surface area is 154 Å². The average molecular weight is 343 g/mol. The summed E-state index contributed by atoms with van der Waals surface area (Å²) in [6.07, 6.45) is 8.19. The van der Waals surface area contributed by atoms with Crippen LogP contribution in [-0.4, -0.2) is 31.4 Å². The molecular formula is C21H34BNO2. The zero-order valence-corrected chi connectivity index (χ0v) is 16.4. The second-order valence-corrected chi connectivity index (χ2v) is 8.79. The molecule has 0 bridgehead atoms. The number of rotatable bonds is 6.